The molecule has 0 radical (unpaired) electrons. The van der Waals surface area contributed by atoms with Gasteiger partial charge < -0.3 is 16.2 Å². The molecule has 0 bridgehead atoms. The molecule has 0 amide bonds. The molecule has 6 nitrogen and oxygen atoms in total. The van der Waals surface area contributed by atoms with Gasteiger partial charge >= 0.3 is 6.61 Å². The maximum Gasteiger partial charge on any atom is 0.387 e. The van der Waals surface area contributed by atoms with Gasteiger partial charge in [-0.25, -0.2) is 9.97 Å². The quantitative estimate of drug-likeness (QED) is 0.476. The van der Waals surface area contributed by atoms with Crippen molar-refractivity contribution in [3.63, 3.8) is 0 Å². The highest BCUT2D eigenvalue weighted by Crippen LogP contribution is 2.19. The first-order chi connectivity index (χ1) is 10.4. The second-order valence-corrected chi connectivity index (χ2v) is 5.06. The summed E-state index contributed by atoms with van der Waals surface area (Å²) in [5.74, 6) is 0.286. The molecule has 2 rings (SSSR count). The summed E-state index contributed by atoms with van der Waals surface area (Å²) in [5.41, 5.74) is 11.4. The van der Waals surface area contributed by atoms with Crippen LogP contribution in [0.5, 0.6) is 5.75 Å². The van der Waals surface area contributed by atoms with Crippen molar-refractivity contribution < 1.29 is 18.3 Å². The molecule has 1 aromatic carbocycles. The van der Waals surface area contributed by atoms with E-state index in [2.05, 4.69) is 14.7 Å². The van der Waals surface area contributed by atoms with E-state index in [1.165, 1.54) is 30.3 Å². The molecule has 1 aromatic heterocycles. The number of carbonyl (C=O) groups is 1. The van der Waals surface area contributed by atoms with Crippen LogP contribution in [0, 0.1) is 0 Å². The van der Waals surface area contributed by atoms with E-state index in [0.717, 1.165) is 11.8 Å². The van der Waals surface area contributed by atoms with Crippen molar-refractivity contribution in [1.82, 2.24) is 9.97 Å². The summed E-state index contributed by atoms with van der Waals surface area (Å²) < 4.78 is 28.3. The normalized spacial score (nSPS) is 10.7. The third-order valence-corrected chi connectivity index (χ3v) is 3.33. The topological polar surface area (TPSA) is 104 Å². The maximum absolute atomic E-state index is 12.0. The molecule has 0 unspecified atom stereocenters. The number of hydrogen-bond acceptors (Lipinski definition) is 7. The Bertz CT molecular complexity index is 647. The smallest absolute Gasteiger partial charge is 0.387 e. The largest absolute Gasteiger partial charge is 0.435 e. The number of anilines is 2. The highest BCUT2D eigenvalue weighted by molar-refractivity contribution is 7.99. The summed E-state index contributed by atoms with van der Waals surface area (Å²) in [6.45, 7) is -2.90. The van der Waals surface area contributed by atoms with E-state index in [-0.39, 0.29) is 28.9 Å². The first-order valence-corrected chi connectivity index (χ1v) is 7.03. The molecule has 0 aliphatic heterocycles. The molecule has 9 heteroatoms. The highest BCUT2D eigenvalue weighted by Gasteiger charge is 2.10. The third-order valence-electron chi connectivity index (χ3n) is 2.48. The molecule has 0 atom stereocenters. The van der Waals surface area contributed by atoms with Gasteiger partial charge in [0.05, 0.1) is 5.75 Å². The van der Waals surface area contributed by atoms with E-state index >= 15 is 0 Å². The van der Waals surface area contributed by atoms with Crippen LogP contribution in [0.4, 0.5) is 20.4 Å². The number of carbonyl (C=O) groups excluding carboxylic acids is 1. The summed E-state index contributed by atoms with van der Waals surface area (Å²) in [6.07, 6.45) is 0. The van der Waals surface area contributed by atoms with Crippen molar-refractivity contribution in [2.75, 3.05) is 17.2 Å². The minimum Gasteiger partial charge on any atom is -0.435 e. The fourth-order valence-corrected chi connectivity index (χ4v) is 2.33. The van der Waals surface area contributed by atoms with Crippen molar-refractivity contribution in [3.05, 3.63) is 35.9 Å². The van der Waals surface area contributed by atoms with Crippen molar-refractivity contribution in [2.45, 2.75) is 11.8 Å². The van der Waals surface area contributed by atoms with E-state index in [0.29, 0.717) is 10.7 Å². The number of ketones is 1. The number of nitrogens with two attached hydrogens (primary N) is 2. The minimum atomic E-state index is -2.90. The van der Waals surface area contributed by atoms with E-state index < -0.39 is 6.61 Å². The van der Waals surface area contributed by atoms with Gasteiger partial charge in [-0.1, -0.05) is 11.8 Å². The lowest BCUT2D eigenvalue weighted by atomic mass is 10.1. The van der Waals surface area contributed by atoms with Crippen LogP contribution in [0.15, 0.2) is 35.5 Å². The van der Waals surface area contributed by atoms with Gasteiger partial charge in [-0.05, 0) is 24.3 Å². The first-order valence-electron chi connectivity index (χ1n) is 6.05. The van der Waals surface area contributed by atoms with E-state index in [9.17, 15) is 13.6 Å². The van der Waals surface area contributed by atoms with Crippen LogP contribution in [0.25, 0.3) is 0 Å². The Kier molecular flexibility index (Phi) is 5.10. The van der Waals surface area contributed by atoms with Gasteiger partial charge in [0.1, 0.15) is 17.4 Å². The lowest BCUT2D eigenvalue weighted by molar-refractivity contribution is -0.0498. The molecule has 4 N–H and O–H groups in total. The predicted octanol–water partition coefficient (Wildman–Crippen LogP) is 2.22. The lowest BCUT2D eigenvalue weighted by Crippen LogP contribution is -2.06. The fourth-order valence-electron chi connectivity index (χ4n) is 1.56. The number of nitrogens with zero attached hydrogens (tertiary/aromatic N) is 2. The van der Waals surface area contributed by atoms with Crippen LogP contribution in [-0.4, -0.2) is 28.1 Å². The molecule has 0 spiro atoms. The van der Waals surface area contributed by atoms with Gasteiger partial charge in [-0.15, -0.1) is 0 Å². The minimum absolute atomic E-state index is 0.00820. The SMILES string of the molecule is Nc1cc(N)nc(SCC(=O)c2ccc(OC(F)F)cc2)n1. The molecule has 1 heterocycles. The Morgan fingerprint density at radius 3 is 2.32 bits per heavy atom. The zero-order valence-electron chi connectivity index (χ0n) is 11.2. The predicted molar refractivity (Wildman–Crippen MR) is 79.0 cm³/mol. The van der Waals surface area contributed by atoms with E-state index in [1.54, 1.807) is 0 Å². The molecule has 0 aliphatic rings. The number of ether oxygens (including phenoxy) is 1. The van der Waals surface area contributed by atoms with E-state index in [1.807, 2.05) is 0 Å². The summed E-state index contributed by atoms with van der Waals surface area (Å²) in [5, 5.41) is 0.295. The average Bonchev–Trinajstić information content (AvgIpc) is 2.44. The number of halogens is 2. The fraction of sp³-hybridized carbons (Fsp3) is 0.154. The molecule has 116 valence electrons. The van der Waals surface area contributed by atoms with Crippen molar-refractivity contribution in [2.24, 2.45) is 0 Å². The molecule has 0 saturated heterocycles. The van der Waals surface area contributed by atoms with Crippen molar-refractivity contribution in [3.8, 4) is 5.75 Å². The summed E-state index contributed by atoms with van der Waals surface area (Å²) in [7, 11) is 0. The van der Waals surface area contributed by atoms with Crippen LogP contribution in [-0.2, 0) is 0 Å². The second-order valence-electron chi connectivity index (χ2n) is 4.11. The molecular formula is C13H12F2N4O2S. The molecule has 2 aromatic rings. The number of thioether (sulfide) groups is 1. The molecule has 22 heavy (non-hydrogen) atoms. The summed E-state index contributed by atoms with van der Waals surface area (Å²) in [6, 6.07) is 6.84. The number of nitrogen functional groups attached to an aromatic ring is 2. The number of Topliss-reactive ketones (excluding diaryl/α,β-unsaturated/α-hetero) is 1. The molecule has 0 fully saturated rings. The Morgan fingerprint density at radius 1 is 1.18 bits per heavy atom. The highest BCUT2D eigenvalue weighted by atomic mass is 32.2. The summed E-state index contributed by atoms with van der Waals surface area (Å²) in [4.78, 5) is 19.9. The number of benzene rings is 1. The average molecular weight is 326 g/mol. The maximum atomic E-state index is 12.0. The second kappa shape index (κ2) is 7.03. The van der Waals surface area contributed by atoms with Crippen molar-refractivity contribution in [1.29, 1.82) is 0 Å². The van der Waals surface area contributed by atoms with Gasteiger partial charge in [0, 0.05) is 11.6 Å². The molecular weight excluding hydrogens is 314 g/mol. The van der Waals surface area contributed by atoms with Gasteiger partial charge in [0.2, 0.25) is 0 Å². The summed E-state index contributed by atoms with van der Waals surface area (Å²) >= 11 is 1.08. The van der Waals surface area contributed by atoms with E-state index in [4.69, 9.17) is 11.5 Å². The first kappa shape index (κ1) is 16.0. The number of alkyl halides is 2. The van der Waals surface area contributed by atoms with Gasteiger partial charge in [0.15, 0.2) is 10.9 Å². The van der Waals surface area contributed by atoms with Gasteiger partial charge in [-0.3, -0.25) is 4.79 Å². The van der Waals surface area contributed by atoms with Crippen LogP contribution in [0.3, 0.4) is 0 Å². The zero-order chi connectivity index (χ0) is 16.1. The number of rotatable bonds is 6. The Morgan fingerprint density at radius 2 is 1.77 bits per heavy atom. The van der Waals surface area contributed by atoms with Crippen LogP contribution >= 0.6 is 11.8 Å². The lowest BCUT2D eigenvalue weighted by Gasteiger charge is -2.05. The van der Waals surface area contributed by atoms with Gasteiger partial charge in [-0.2, -0.15) is 8.78 Å². The number of aromatic nitrogens is 2. The monoisotopic (exact) mass is 326 g/mol. The van der Waals surface area contributed by atoms with Crippen LogP contribution in [0.1, 0.15) is 10.4 Å². The van der Waals surface area contributed by atoms with Crippen molar-refractivity contribution >= 4 is 29.2 Å². The third kappa shape index (κ3) is 4.55. The Labute approximate surface area is 128 Å². The van der Waals surface area contributed by atoms with Crippen LogP contribution in [0.2, 0.25) is 0 Å². The van der Waals surface area contributed by atoms with Crippen LogP contribution < -0.4 is 16.2 Å². The molecule has 0 aliphatic carbocycles. The Hall–Kier alpha value is -2.42. The number of hydrogen-bond donors (Lipinski definition) is 2. The standard InChI is InChI=1S/C13H12F2N4O2S/c14-12(15)21-8-3-1-7(2-4-8)9(20)6-22-13-18-10(16)5-11(17)19-13/h1-5,12H,6H2,(H4,16,17,18,19). The zero-order valence-corrected chi connectivity index (χ0v) is 12.0. The van der Waals surface area contributed by atoms with Gasteiger partial charge in [0.25, 0.3) is 0 Å². The molecule has 0 saturated carbocycles. The Balaban J connectivity index is 1.97.